The predicted octanol–water partition coefficient (Wildman–Crippen LogP) is 2.00. The Morgan fingerprint density at radius 3 is 2.34 bits per heavy atom. The van der Waals surface area contributed by atoms with Crippen LogP contribution in [0.15, 0.2) is 24.3 Å². The van der Waals surface area contributed by atoms with Gasteiger partial charge in [0, 0.05) is 12.3 Å². The molecule has 0 fully saturated rings. The van der Waals surface area contributed by atoms with Gasteiger partial charge in [0.15, 0.2) is 0 Å². The molecule has 0 heterocycles. The molecule has 3 amide bonds. The molecule has 2 unspecified atom stereocenters. The van der Waals surface area contributed by atoms with E-state index in [2.05, 4.69) is 28.0 Å². The minimum atomic E-state index is -1.03. The standard InChI is InChI=1S/C22H33N3O6S/c1-7-25(20(28)16(13-32)24-21(29)31-22(3,4)5)18(15-10-8-9-14(2)11-15)19(27)23-12-17(26)30-6/h8-11,16,18,32H,7,12-13H2,1-6H3,(H,23,27)(H,24,29). The lowest BCUT2D eigenvalue weighted by atomic mass is 10.0. The molecule has 0 aliphatic heterocycles. The second-order valence-corrected chi connectivity index (χ2v) is 8.48. The van der Waals surface area contributed by atoms with Gasteiger partial charge < -0.3 is 25.0 Å². The lowest BCUT2D eigenvalue weighted by Crippen LogP contribution is -2.54. The van der Waals surface area contributed by atoms with Crippen LogP contribution in [0.5, 0.6) is 0 Å². The molecule has 0 aromatic heterocycles. The van der Waals surface area contributed by atoms with E-state index >= 15 is 0 Å². The smallest absolute Gasteiger partial charge is 0.408 e. The number of methoxy groups -OCH3 is 1. The number of esters is 1. The van der Waals surface area contributed by atoms with Crippen LogP contribution >= 0.6 is 12.6 Å². The van der Waals surface area contributed by atoms with Gasteiger partial charge in [-0.15, -0.1) is 0 Å². The molecule has 1 aromatic carbocycles. The SMILES string of the molecule is CCN(C(=O)C(CS)NC(=O)OC(C)(C)C)C(C(=O)NCC(=O)OC)c1cccc(C)c1. The monoisotopic (exact) mass is 467 g/mol. The summed E-state index contributed by atoms with van der Waals surface area (Å²) in [7, 11) is 1.22. The molecule has 9 nitrogen and oxygen atoms in total. The Balaban J connectivity index is 3.22. The fraction of sp³-hybridized carbons (Fsp3) is 0.545. The third-order valence-corrected chi connectivity index (χ3v) is 4.71. The zero-order valence-electron chi connectivity index (χ0n) is 19.4. The van der Waals surface area contributed by atoms with Crippen molar-refractivity contribution in [3.05, 3.63) is 35.4 Å². The number of thiol groups is 1. The van der Waals surface area contributed by atoms with Crippen LogP contribution < -0.4 is 10.6 Å². The van der Waals surface area contributed by atoms with Crippen LogP contribution in [0.25, 0.3) is 0 Å². The highest BCUT2D eigenvalue weighted by atomic mass is 32.1. The van der Waals surface area contributed by atoms with Crippen molar-refractivity contribution in [3.63, 3.8) is 0 Å². The molecule has 32 heavy (non-hydrogen) atoms. The third kappa shape index (κ3) is 8.41. The molecule has 178 valence electrons. The van der Waals surface area contributed by atoms with Gasteiger partial charge in [0.05, 0.1) is 7.11 Å². The number of rotatable bonds is 9. The van der Waals surface area contributed by atoms with Crippen molar-refractivity contribution in [2.45, 2.75) is 52.3 Å². The Morgan fingerprint density at radius 2 is 1.84 bits per heavy atom. The summed E-state index contributed by atoms with van der Waals surface area (Å²) in [5, 5.41) is 5.03. The molecular weight excluding hydrogens is 434 g/mol. The quantitative estimate of drug-likeness (QED) is 0.378. The lowest BCUT2D eigenvalue weighted by Gasteiger charge is -2.33. The number of hydrogen-bond acceptors (Lipinski definition) is 7. The largest absolute Gasteiger partial charge is 0.468 e. The normalized spacial score (nSPS) is 12.8. The minimum absolute atomic E-state index is 0.00110. The number of likely N-dealkylation sites (N-methyl/N-ethyl adjacent to an activating group) is 1. The van der Waals surface area contributed by atoms with Crippen LogP contribution in [0.3, 0.4) is 0 Å². The van der Waals surface area contributed by atoms with Crippen LogP contribution in [-0.2, 0) is 23.9 Å². The van der Waals surface area contributed by atoms with E-state index in [1.54, 1.807) is 45.9 Å². The van der Waals surface area contributed by atoms with Crippen LogP contribution in [0.1, 0.15) is 44.9 Å². The second kappa shape index (κ2) is 12.3. The Labute approximate surface area is 194 Å². The molecule has 2 atom stereocenters. The minimum Gasteiger partial charge on any atom is -0.468 e. The number of carbonyl (C=O) groups excluding carboxylic acids is 4. The summed E-state index contributed by atoms with van der Waals surface area (Å²) >= 11 is 4.20. The fourth-order valence-electron chi connectivity index (χ4n) is 2.94. The number of benzene rings is 1. The topological polar surface area (TPSA) is 114 Å². The van der Waals surface area contributed by atoms with Crippen molar-refractivity contribution >= 4 is 36.5 Å². The van der Waals surface area contributed by atoms with Crippen LogP contribution in [-0.4, -0.2) is 66.4 Å². The number of nitrogens with zero attached hydrogens (tertiary/aromatic N) is 1. The van der Waals surface area contributed by atoms with Crippen LogP contribution in [0.2, 0.25) is 0 Å². The molecule has 0 aliphatic carbocycles. The maximum absolute atomic E-state index is 13.3. The molecule has 1 rings (SSSR count). The van der Waals surface area contributed by atoms with E-state index in [1.807, 2.05) is 13.0 Å². The van der Waals surface area contributed by atoms with Gasteiger partial charge in [-0.3, -0.25) is 14.4 Å². The zero-order chi connectivity index (χ0) is 24.5. The molecule has 0 saturated carbocycles. The summed E-state index contributed by atoms with van der Waals surface area (Å²) in [6.45, 7) is 8.55. The summed E-state index contributed by atoms with van der Waals surface area (Å²) in [4.78, 5) is 51.4. The van der Waals surface area contributed by atoms with Crippen molar-refractivity contribution in [3.8, 4) is 0 Å². The Bertz CT molecular complexity index is 824. The fourth-order valence-corrected chi connectivity index (χ4v) is 3.19. The second-order valence-electron chi connectivity index (χ2n) is 8.12. The summed E-state index contributed by atoms with van der Waals surface area (Å²) < 4.78 is 9.81. The third-order valence-electron chi connectivity index (χ3n) is 4.35. The van der Waals surface area contributed by atoms with Crippen molar-refractivity contribution in [2.75, 3.05) is 26.0 Å². The highest BCUT2D eigenvalue weighted by molar-refractivity contribution is 7.80. The summed E-state index contributed by atoms with van der Waals surface area (Å²) in [6, 6.07) is 5.11. The summed E-state index contributed by atoms with van der Waals surface area (Å²) in [5.41, 5.74) is 0.725. The van der Waals surface area contributed by atoms with Crippen molar-refractivity contribution in [1.29, 1.82) is 0 Å². The van der Waals surface area contributed by atoms with Crippen LogP contribution in [0.4, 0.5) is 4.79 Å². The van der Waals surface area contributed by atoms with Gasteiger partial charge >= 0.3 is 12.1 Å². The molecule has 1 aromatic rings. The molecular formula is C22H33N3O6S. The van der Waals surface area contributed by atoms with E-state index < -0.39 is 41.6 Å². The maximum Gasteiger partial charge on any atom is 0.408 e. The highest BCUT2D eigenvalue weighted by Gasteiger charge is 2.35. The number of amides is 3. The lowest BCUT2D eigenvalue weighted by molar-refractivity contribution is -0.144. The Kier molecular flexibility index (Phi) is 10.5. The van der Waals surface area contributed by atoms with E-state index in [4.69, 9.17) is 4.74 Å². The summed E-state index contributed by atoms with van der Waals surface area (Å²) in [6.07, 6.45) is -0.761. The van der Waals surface area contributed by atoms with E-state index in [-0.39, 0.29) is 18.8 Å². The summed E-state index contributed by atoms with van der Waals surface area (Å²) in [5.74, 6) is -1.67. The number of carbonyl (C=O) groups is 4. The van der Waals surface area contributed by atoms with Gasteiger partial charge in [0.2, 0.25) is 11.8 Å². The average Bonchev–Trinajstić information content (AvgIpc) is 2.71. The van der Waals surface area contributed by atoms with Crippen molar-refractivity contribution in [2.24, 2.45) is 0 Å². The Morgan fingerprint density at radius 1 is 1.19 bits per heavy atom. The van der Waals surface area contributed by atoms with Gasteiger partial charge in [-0.25, -0.2) is 4.79 Å². The molecule has 0 bridgehead atoms. The Hall–Kier alpha value is -2.75. The first-order valence-corrected chi connectivity index (χ1v) is 10.9. The van der Waals surface area contributed by atoms with Gasteiger partial charge in [-0.2, -0.15) is 12.6 Å². The first kappa shape index (κ1) is 27.3. The number of aryl methyl sites for hydroxylation is 1. The van der Waals surface area contributed by atoms with E-state index in [1.165, 1.54) is 12.0 Å². The first-order chi connectivity index (χ1) is 14.9. The van der Waals surface area contributed by atoms with E-state index in [0.717, 1.165) is 5.56 Å². The number of alkyl carbamates (subject to hydrolysis) is 1. The maximum atomic E-state index is 13.3. The van der Waals surface area contributed by atoms with Crippen LogP contribution in [0, 0.1) is 6.92 Å². The molecule has 0 radical (unpaired) electrons. The molecule has 10 heteroatoms. The van der Waals surface area contributed by atoms with Gasteiger partial charge in [-0.1, -0.05) is 29.8 Å². The van der Waals surface area contributed by atoms with E-state index in [0.29, 0.717) is 5.56 Å². The van der Waals surface area contributed by atoms with Gasteiger partial charge in [0.1, 0.15) is 24.2 Å². The van der Waals surface area contributed by atoms with Gasteiger partial charge in [-0.05, 0) is 40.2 Å². The zero-order valence-corrected chi connectivity index (χ0v) is 20.3. The highest BCUT2D eigenvalue weighted by Crippen LogP contribution is 2.23. The predicted molar refractivity (Wildman–Crippen MR) is 123 cm³/mol. The number of nitrogens with one attached hydrogen (secondary N) is 2. The van der Waals surface area contributed by atoms with Crippen molar-refractivity contribution < 1.29 is 28.7 Å². The number of ether oxygens (including phenoxy) is 2. The molecule has 2 N–H and O–H groups in total. The van der Waals surface area contributed by atoms with E-state index in [9.17, 15) is 19.2 Å². The number of hydrogen-bond donors (Lipinski definition) is 3. The average molecular weight is 468 g/mol. The first-order valence-electron chi connectivity index (χ1n) is 10.2. The molecule has 0 spiro atoms. The van der Waals surface area contributed by atoms with Crippen molar-refractivity contribution in [1.82, 2.24) is 15.5 Å². The van der Waals surface area contributed by atoms with Gasteiger partial charge in [0.25, 0.3) is 0 Å². The molecule has 0 aliphatic rings. The molecule has 0 saturated heterocycles.